The molecule has 0 fully saturated rings. The molecule has 1 N–H and O–H groups in total. The summed E-state index contributed by atoms with van der Waals surface area (Å²) in [5.74, 6) is -0.664. The Labute approximate surface area is 181 Å². The number of hydrogen-bond acceptors (Lipinski definition) is 1. The van der Waals surface area contributed by atoms with Crippen LogP contribution in [-0.4, -0.2) is 32.2 Å². The van der Waals surface area contributed by atoms with Crippen molar-refractivity contribution < 1.29 is 9.90 Å². The Morgan fingerprint density at radius 2 is 1.11 bits per heavy atom. The maximum atomic E-state index is 10.3. The number of allylic oxidation sites excluding steroid dienone is 2. The van der Waals surface area contributed by atoms with Crippen LogP contribution in [0.2, 0.25) is 8.87 Å². The standard InChI is InChI=1S/C18H34O2.2C3H7.Sn/c1-2-3-4-5-6-7-8-9-10-11-12-13-14-15-16-17-18(19)20;2*1-3-2;/h9-10H,2-8,11-17H2,1H3,(H,19,20);2*1,3H2,2H3;. The van der Waals surface area contributed by atoms with Crippen molar-refractivity contribution >= 4 is 27.1 Å². The van der Waals surface area contributed by atoms with E-state index in [-0.39, 0.29) is 21.1 Å². The number of carbonyl (C=O) groups is 1. The van der Waals surface area contributed by atoms with Gasteiger partial charge in [0.25, 0.3) is 0 Å². The number of carboxylic acid groups (broad SMARTS) is 1. The molecular weight excluding hydrogens is 439 g/mol. The fourth-order valence-electron chi connectivity index (χ4n) is 2.83. The Balaban J connectivity index is 0. The van der Waals surface area contributed by atoms with Crippen LogP contribution in [0.4, 0.5) is 0 Å². The molecular formula is C24H48O2Sn. The molecule has 0 aromatic carbocycles. The topological polar surface area (TPSA) is 37.3 Å². The molecule has 0 bridgehead atoms. The molecule has 2 radical (unpaired) electrons. The Bertz CT molecular complexity index is 299. The minimum atomic E-state index is -0.664. The summed E-state index contributed by atoms with van der Waals surface area (Å²) in [7, 11) is 0. The molecule has 0 heterocycles. The zero-order valence-corrected chi connectivity index (χ0v) is 21.6. The van der Waals surface area contributed by atoms with Gasteiger partial charge in [0.2, 0.25) is 0 Å². The number of carboxylic acids is 1. The van der Waals surface area contributed by atoms with Gasteiger partial charge in [-0.1, -0.05) is 70.4 Å². The van der Waals surface area contributed by atoms with Gasteiger partial charge in [-0.2, -0.15) is 0 Å². The number of unbranched alkanes of at least 4 members (excludes halogenated alkanes) is 11. The molecule has 27 heavy (non-hydrogen) atoms. The van der Waals surface area contributed by atoms with Crippen molar-refractivity contribution in [2.45, 2.75) is 132 Å². The van der Waals surface area contributed by atoms with Crippen molar-refractivity contribution in [1.29, 1.82) is 0 Å². The average molecular weight is 487 g/mol. The van der Waals surface area contributed by atoms with Crippen molar-refractivity contribution in [3.63, 3.8) is 0 Å². The monoisotopic (exact) mass is 488 g/mol. The van der Waals surface area contributed by atoms with Gasteiger partial charge < -0.3 is 5.11 Å². The number of rotatable bonds is 19. The third-order valence-electron chi connectivity index (χ3n) is 4.51. The third kappa shape index (κ3) is 34.0. The van der Waals surface area contributed by atoms with Gasteiger partial charge in [-0.3, -0.25) is 4.79 Å². The van der Waals surface area contributed by atoms with Crippen LogP contribution in [0.15, 0.2) is 12.2 Å². The normalized spacial score (nSPS) is 10.8. The molecule has 0 aliphatic heterocycles. The Kier molecular flexibility index (Phi) is 30.5. The predicted octanol–water partition coefficient (Wildman–Crippen LogP) is 8.46. The van der Waals surface area contributed by atoms with Crippen LogP contribution in [-0.2, 0) is 4.79 Å². The Hall–Kier alpha value is 0.00870. The van der Waals surface area contributed by atoms with Crippen molar-refractivity contribution in [3.05, 3.63) is 12.2 Å². The van der Waals surface area contributed by atoms with Crippen molar-refractivity contribution in [2.75, 3.05) is 0 Å². The second kappa shape index (κ2) is 28.2. The van der Waals surface area contributed by atoms with E-state index in [4.69, 9.17) is 5.11 Å². The van der Waals surface area contributed by atoms with E-state index in [0.29, 0.717) is 6.42 Å². The zero-order valence-electron chi connectivity index (χ0n) is 18.7. The van der Waals surface area contributed by atoms with E-state index in [9.17, 15) is 4.79 Å². The second-order valence-corrected chi connectivity index (χ2v) is 11.8. The van der Waals surface area contributed by atoms with Crippen LogP contribution >= 0.6 is 0 Å². The molecule has 0 saturated heterocycles. The van der Waals surface area contributed by atoms with Crippen LogP contribution in [0, 0.1) is 0 Å². The number of hydrogen-bond donors (Lipinski definition) is 1. The fraction of sp³-hybridized carbons (Fsp3) is 0.875. The molecule has 0 rings (SSSR count). The maximum absolute atomic E-state index is 10.3. The molecule has 0 aromatic rings. The summed E-state index contributed by atoms with van der Waals surface area (Å²) < 4.78 is 3.19. The van der Waals surface area contributed by atoms with E-state index in [2.05, 4.69) is 32.9 Å². The molecule has 3 heteroatoms. The molecule has 0 spiro atoms. The van der Waals surface area contributed by atoms with Crippen molar-refractivity contribution in [1.82, 2.24) is 0 Å². The second-order valence-electron chi connectivity index (χ2n) is 7.48. The summed E-state index contributed by atoms with van der Waals surface area (Å²) in [6.07, 6.45) is 24.1. The van der Waals surface area contributed by atoms with Gasteiger partial charge >= 0.3 is 62.7 Å². The van der Waals surface area contributed by atoms with Crippen LogP contribution in [0.25, 0.3) is 0 Å². The van der Waals surface area contributed by atoms with E-state index >= 15 is 0 Å². The molecule has 0 aliphatic rings. The molecule has 0 atom stereocenters. The van der Waals surface area contributed by atoms with Crippen LogP contribution in [0.3, 0.4) is 0 Å². The molecule has 0 amide bonds. The summed E-state index contributed by atoms with van der Waals surface area (Å²) in [4.78, 5) is 10.3. The van der Waals surface area contributed by atoms with E-state index in [1.807, 2.05) is 0 Å². The SMILES string of the molecule is CCCCCCCCC=CCCCCCCCC(=O)O.CC[CH2][Sn][CH2]CC. The summed E-state index contributed by atoms with van der Waals surface area (Å²) in [5.41, 5.74) is 0. The molecule has 160 valence electrons. The van der Waals surface area contributed by atoms with Gasteiger partial charge in [-0.25, -0.2) is 0 Å². The van der Waals surface area contributed by atoms with Gasteiger partial charge in [0.05, 0.1) is 0 Å². The summed E-state index contributed by atoms with van der Waals surface area (Å²) in [6, 6.07) is 0. The van der Waals surface area contributed by atoms with E-state index in [1.54, 1.807) is 8.87 Å². The van der Waals surface area contributed by atoms with Crippen LogP contribution in [0.5, 0.6) is 0 Å². The Morgan fingerprint density at radius 1 is 0.667 bits per heavy atom. The van der Waals surface area contributed by atoms with Gasteiger partial charge in [-0.05, 0) is 32.1 Å². The first kappa shape index (κ1) is 29.2. The first-order chi connectivity index (χ1) is 13.2. The fourth-order valence-corrected chi connectivity index (χ4v) is 5.56. The van der Waals surface area contributed by atoms with Gasteiger partial charge in [0.1, 0.15) is 0 Å². The minimum absolute atomic E-state index is 0.181. The summed E-state index contributed by atoms with van der Waals surface area (Å²) in [5, 5.41) is 8.51. The summed E-state index contributed by atoms with van der Waals surface area (Å²) >= 11 is 0.181. The van der Waals surface area contributed by atoms with Crippen molar-refractivity contribution in [3.8, 4) is 0 Å². The van der Waals surface area contributed by atoms with Gasteiger partial charge in [0.15, 0.2) is 0 Å². The molecule has 0 aromatic heterocycles. The average Bonchev–Trinajstić information content (AvgIpc) is 2.65. The van der Waals surface area contributed by atoms with E-state index in [0.717, 1.165) is 12.8 Å². The quantitative estimate of drug-likeness (QED) is 0.113. The summed E-state index contributed by atoms with van der Waals surface area (Å²) in [6.45, 7) is 6.84. The first-order valence-corrected chi connectivity index (χ1v) is 15.8. The van der Waals surface area contributed by atoms with Crippen LogP contribution < -0.4 is 0 Å². The van der Waals surface area contributed by atoms with E-state index < -0.39 is 5.97 Å². The molecule has 0 aliphatic carbocycles. The van der Waals surface area contributed by atoms with Gasteiger partial charge in [0, 0.05) is 6.42 Å². The predicted molar refractivity (Wildman–Crippen MR) is 123 cm³/mol. The molecule has 2 nitrogen and oxygen atoms in total. The third-order valence-corrected chi connectivity index (χ3v) is 9.38. The number of aliphatic carboxylic acids is 1. The van der Waals surface area contributed by atoms with E-state index in [1.165, 1.54) is 83.5 Å². The van der Waals surface area contributed by atoms with Crippen LogP contribution in [0.1, 0.15) is 124 Å². The first-order valence-electron chi connectivity index (χ1n) is 11.8. The van der Waals surface area contributed by atoms with Crippen molar-refractivity contribution in [2.24, 2.45) is 0 Å². The molecule has 0 saturated carbocycles. The Morgan fingerprint density at radius 3 is 1.56 bits per heavy atom. The van der Waals surface area contributed by atoms with Gasteiger partial charge in [-0.15, -0.1) is 0 Å². The zero-order chi connectivity index (χ0) is 20.4. The molecule has 0 unspecified atom stereocenters.